The fraction of sp³-hybridized carbons (Fsp3) is 0.636. The quantitative estimate of drug-likeness (QED) is 0.779. The second-order valence-electron chi connectivity index (χ2n) is 8.24. The molecule has 1 saturated carbocycles. The van der Waals surface area contributed by atoms with E-state index in [4.69, 9.17) is 4.74 Å². The molecule has 1 aromatic carbocycles. The van der Waals surface area contributed by atoms with Crippen LogP contribution in [0.1, 0.15) is 51.0 Å². The van der Waals surface area contributed by atoms with Crippen LogP contribution in [0, 0.1) is 5.92 Å². The van der Waals surface area contributed by atoms with Crippen LogP contribution < -0.4 is 10.2 Å². The molecule has 1 heterocycles. The van der Waals surface area contributed by atoms with Crippen LogP contribution in [0.4, 0.5) is 11.4 Å². The molecular formula is C22H33N3O3. The molecule has 0 unspecified atom stereocenters. The Kier molecular flexibility index (Phi) is 6.94. The van der Waals surface area contributed by atoms with Gasteiger partial charge in [0.25, 0.3) is 0 Å². The number of hydrogen-bond donors (Lipinski definition) is 1. The van der Waals surface area contributed by atoms with Gasteiger partial charge in [0.2, 0.25) is 11.8 Å². The van der Waals surface area contributed by atoms with E-state index in [1.54, 1.807) is 6.92 Å². The molecule has 28 heavy (non-hydrogen) atoms. The summed E-state index contributed by atoms with van der Waals surface area (Å²) in [4.78, 5) is 28.6. The third-order valence-corrected chi connectivity index (χ3v) is 5.81. The van der Waals surface area contributed by atoms with Crippen molar-refractivity contribution in [2.45, 2.75) is 58.1 Å². The lowest BCUT2D eigenvalue weighted by Gasteiger charge is -2.27. The zero-order valence-electron chi connectivity index (χ0n) is 17.4. The summed E-state index contributed by atoms with van der Waals surface area (Å²) >= 11 is 0. The van der Waals surface area contributed by atoms with E-state index in [1.807, 2.05) is 42.1 Å². The standard InChI is InChI=1S/C22H33N3O3/c1-16(26)25(15-20-9-6-12-28-20)14-18-13-19(10-11-21(18)24(2)3)23-22(27)17-7-4-5-8-17/h10-11,13,17,20H,4-9,12,14-15H2,1-3H3,(H,23,27)/t20-/m1/s1. The Morgan fingerprint density at radius 2 is 1.89 bits per heavy atom. The number of amides is 2. The molecule has 2 amide bonds. The fourth-order valence-corrected chi connectivity index (χ4v) is 4.20. The molecule has 1 aliphatic carbocycles. The number of hydrogen-bond acceptors (Lipinski definition) is 4. The van der Waals surface area contributed by atoms with Crippen LogP contribution in [0.15, 0.2) is 18.2 Å². The van der Waals surface area contributed by atoms with Crippen LogP contribution in [-0.2, 0) is 20.9 Å². The van der Waals surface area contributed by atoms with E-state index in [0.717, 1.165) is 62.1 Å². The van der Waals surface area contributed by atoms with Gasteiger partial charge in [-0.3, -0.25) is 9.59 Å². The maximum atomic E-state index is 12.5. The van der Waals surface area contributed by atoms with Gasteiger partial charge in [-0.2, -0.15) is 0 Å². The van der Waals surface area contributed by atoms with Gasteiger partial charge in [-0.05, 0) is 49.4 Å². The van der Waals surface area contributed by atoms with Gasteiger partial charge < -0.3 is 19.9 Å². The molecule has 3 rings (SSSR count). The second kappa shape index (κ2) is 9.41. The maximum Gasteiger partial charge on any atom is 0.227 e. The Balaban J connectivity index is 1.75. The largest absolute Gasteiger partial charge is 0.377 e. The molecule has 6 heteroatoms. The smallest absolute Gasteiger partial charge is 0.227 e. The number of rotatable bonds is 7. The number of carbonyl (C=O) groups excluding carboxylic acids is 2. The van der Waals surface area contributed by atoms with Crippen LogP contribution in [-0.4, -0.2) is 50.1 Å². The van der Waals surface area contributed by atoms with E-state index < -0.39 is 0 Å². The molecule has 1 aliphatic heterocycles. The van der Waals surface area contributed by atoms with Gasteiger partial charge in [-0.15, -0.1) is 0 Å². The zero-order chi connectivity index (χ0) is 20.1. The van der Waals surface area contributed by atoms with E-state index in [9.17, 15) is 9.59 Å². The predicted molar refractivity (Wildman–Crippen MR) is 111 cm³/mol. The molecule has 0 bridgehead atoms. The van der Waals surface area contributed by atoms with E-state index in [1.165, 1.54) is 0 Å². The Morgan fingerprint density at radius 1 is 1.14 bits per heavy atom. The van der Waals surface area contributed by atoms with Crippen LogP contribution in [0.2, 0.25) is 0 Å². The Bertz CT molecular complexity index is 692. The van der Waals surface area contributed by atoms with Crippen LogP contribution in [0.3, 0.4) is 0 Å². The molecule has 0 spiro atoms. The highest BCUT2D eigenvalue weighted by Gasteiger charge is 2.24. The summed E-state index contributed by atoms with van der Waals surface area (Å²) in [6.07, 6.45) is 6.42. The first-order valence-electron chi connectivity index (χ1n) is 10.4. The molecule has 2 aliphatic rings. The normalized spacial score (nSPS) is 19.6. The van der Waals surface area contributed by atoms with Crippen molar-refractivity contribution in [3.05, 3.63) is 23.8 Å². The van der Waals surface area contributed by atoms with E-state index in [2.05, 4.69) is 5.32 Å². The molecule has 0 aromatic heterocycles. The first-order valence-corrected chi connectivity index (χ1v) is 10.4. The highest BCUT2D eigenvalue weighted by Crippen LogP contribution is 2.28. The monoisotopic (exact) mass is 387 g/mol. The van der Waals surface area contributed by atoms with Gasteiger partial charge in [0.1, 0.15) is 0 Å². The molecule has 0 radical (unpaired) electrons. The highest BCUT2D eigenvalue weighted by molar-refractivity contribution is 5.93. The molecule has 1 saturated heterocycles. The van der Waals surface area contributed by atoms with E-state index in [-0.39, 0.29) is 23.8 Å². The third-order valence-electron chi connectivity index (χ3n) is 5.81. The molecule has 1 N–H and O–H groups in total. The minimum absolute atomic E-state index is 0.0422. The van der Waals surface area contributed by atoms with Crippen molar-refractivity contribution in [3.63, 3.8) is 0 Å². The molecular weight excluding hydrogens is 354 g/mol. The lowest BCUT2D eigenvalue weighted by Crippen LogP contribution is -2.35. The van der Waals surface area contributed by atoms with Gasteiger partial charge in [0, 0.05) is 58.0 Å². The summed E-state index contributed by atoms with van der Waals surface area (Å²) in [5.41, 5.74) is 2.89. The van der Waals surface area contributed by atoms with Gasteiger partial charge in [0.05, 0.1) is 6.10 Å². The van der Waals surface area contributed by atoms with Crippen molar-refractivity contribution in [2.75, 3.05) is 37.5 Å². The Labute approximate surface area is 168 Å². The van der Waals surface area contributed by atoms with Crippen molar-refractivity contribution in [3.8, 4) is 0 Å². The summed E-state index contributed by atoms with van der Waals surface area (Å²) in [6, 6.07) is 5.97. The Morgan fingerprint density at radius 3 is 2.50 bits per heavy atom. The van der Waals surface area contributed by atoms with Crippen molar-refractivity contribution in [2.24, 2.45) is 5.92 Å². The number of nitrogens with one attached hydrogen (secondary N) is 1. The second-order valence-corrected chi connectivity index (χ2v) is 8.24. The minimum Gasteiger partial charge on any atom is -0.377 e. The highest BCUT2D eigenvalue weighted by atomic mass is 16.5. The lowest BCUT2D eigenvalue weighted by molar-refractivity contribution is -0.131. The van der Waals surface area contributed by atoms with Gasteiger partial charge in [-0.25, -0.2) is 0 Å². The SMILES string of the molecule is CC(=O)N(Cc1cc(NC(=O)C2CCCC2)ccc1N(C)C)C[C@H]1CCCO1. The van der Waals surface area contributed by atoms with Gasteiger partial charge >= 0.3 is 0 Å². The predicted octanol–water partition coefficient (Wildman–Crippen LogP) is 3.41. The topological polar surface area (TPSA) is 61.9 Å². The summed E-state index contributed by atoms with van der Waals surface area (Å²) in [5, 5.41) is 3.08. The average molecular weight is 388 g/mol. The number of anilines is 2. The van der Waals surface area contributed by atoms with Gasteiger partial charge in [0.15, 0.2) is 0 Å². The summed E-state index contributed by atoms with van der Waals surface area (Å²) in [6.45, 7) is 3.51. The summed E-state index contributed by atoms with van der Waals surface area (Å²) < 4.78 is 5.72. The van der Waals surface area contributed by atoms with Crippen LogP contribution in [0.5, 0.6) is 0 Å². The Hall–Kier alpha value is -2.08. The average Bonchev–Trinajstić information content (AvgIpc) is 3.35. The van der Waals surface area contributed by atoms with E-state index >= 15 is 0 Å². The first-order chi connectivity index (χ1) is 13.4. The summed E-state index contributed by atoms with van der Waals surface area (Å²) in [5.74, 6) is 0.287. The van der Waals surface area contributed by atoms with Crippen molar-refractivity contribution < 1.29 is 14.3 Å². The van der Waals surface area contributed by atoms with E-state index in [0.29, 0.717) is 13.1 Å². The van der Waals surface area contributed by atoms with Crippen molar-refractivity contribution >= 4 is 23.2 Å². The zero-order valence-corrected chi connectivity index (χ0v) is 17.4. The fourth-order valence-electron chi connectivity index (χ4n) is 4.20. The van der Waals surface area contributed by atoms with Crippen molar-refractivity contribution in [1.82, 2.24) is 4.90 Å². The van der Waals surface area contributed by atoms with Crippen LogP contribution >= 0.6 is 0 Å². The lowest BCUT2D eigenvalue weighted by atomic mass is 10.1. The molecule has 1 atom stereocenters. The molecule has 2 fully saturated rings. The van der Waals surface area contributed by atoms with Crippen molar-refractivity contribution in [1.29, 1.82) is 0 Å². The number of benzene rings is 1. The molecule has 6 nitrogen and oxygen atoms in total. The maximum absolute atomic E-state index is 12.5. The molecule has 154 valence electrons. The minimum atomic E-state index is 0.0422. The van der Waals surface area contributed by atoms with Gasteiger partial charge in [-0.1, -0.05) is 12.8 Å². The number of carbonyl (C=O) groups is 2. The first kappa shape index (κ1) is 20.6. The van der Waals surface area contributed by atoms with Crippen LogP contribution in [0.25, 0.3) is 0 Å². The number of ether oxygens (including phenoxy) is 1. The molecule has 1 aromatic rings. The number of nitrogens with zero attached hydrogens (tertiary/aromatic N) is 2. The third kappa shape index (κ3) is 5.25. The summed E-state index contributed by atoms with van der Waals surface area (Å²) in [7, 11) is 3.99.